The van der Waals surface area contributed by atoms with E-state index in [1.54, 1.807) is 86.4 Å². The Kier molecular flexibility index (Phi) is 41.7. The fraction of sp³-hybridized carbons (Fsp3) is 0.701. The van der Waals surface area contributed by atoms with Gasteiger partial charge in [-0.25, -0.2) is 14.4 Å². The molecular formula is C77H124N10O24. The number of primary amides is 1. The Morgan fingerprint density at radius 3 is 1.87 bits per heavy atom. The maximum atomic E-state index is 14.9. The number of methoxy groups -OCH3 is 1. The Balaban J connectivity index is 1.49. The van der Waals surface area contributed by atoms with E-state index in [9.17, 15) is 78.3 Å². The fourth-order valence-electron chi connectivity index (χ4n) is 13.1. The number of hydrogen-bond donors (Lipinski definition) is 12. The first-order valence-electron chi connectivity index (χ1n) is 38.4. The Hall–Kier alpha value is -8.19. The van der Waals surface area contributed by atoms with Crippen molar-refractivity contribution in [2.24, 2.45) is 35.3 Å². The minimum atomic E-state index is -2.13. The number of Topliss-reactive ketones (excluding diaryl/α,β-unsaturated/α-hetero) is 1. The molecule has 2 aromatic rings. The number of aliphatic carboxylic acids is 1. The van der Waals surface area contributed by atoms with Crippen LogP contribution in [0.4, 0.5) is 15.3 Å². The van der Waals surface area contributed by atoms with Crippen LogP contribution in [0.1, 0.15) is 158 Å². The number of aliphatic hydroxyl groups is 4. The molecular weight excluding hydrogens is 1450 g/mol. The lowest BCUT2D eigenvalue weighted by Gasteiger charge is -2.40. The van der Waals surface area contributed by atoms with Crippen molar-refractivity contribution in [3.63, 3.8) is 0 Å². The molecule has 0 bridgehead atoms. The highest BCUT2D eigenvalue weighted by Crippen LogP contribution is 2.33. The van der Waals surface area contributed by atoms with Crippen LogP contribution in [0.25, 0.3) is 0 Å². The van der Waals surface area contributed by atoms with E-state index in [2.05, 4.69) is 31.9 Å². The number of nitrogens with one attached hydrogen (secondary N) is 6. The molecule has 111 heavy (non-hydrogen) atoms. The minimum Gasteiger partial charge on any atom is -0.479 e. The lowest BCUT2D eigenvalue weighted by molar-refractivity contribution is -0.271. The third-order valence-electron chi connectivity index (χ3n) is 19.8. The Morgan fingerprint density at radius 1 is 0.694 bits per heavy atom. The molecule has 0 aromatic heterocycles. The Bertz CT molecular complexity index is 3280. The smallest absolute Gasteiger partial charge is 0.410 e. The molecule has 0 unspecified atom stereocenters. The summed E-state index contributed by atoms with van der Waals surface area (Å²) in [5.41, 5.74) is 5.87. The second-order valence-electron chi connectivity index (χ2n) is 29.4. The van der Waals surface area contributed by atoms with Gasteiger partial charge >= 0.3 is 18.1 Å². The lowest BCUT2D eigenvalue weighted by Crippen LogP contribution is -2.61. The molecule has 13 N–H and O–H groups in total. The molecule has 626 valence electrons. The highest BCUT2D eigenvalue weighted by Gasteiger charge is 2.49. The summed E-state index contributed by atoms with van der Waals surface area (Å²) < 4.78 is 45.1. The quantitative estimate of drug-likeness (QED) is 0.0423. The molecule has 2 fully saturated rings. The van der Waals surface area contributed by atoms with Crippen molar-refractivity contribution >= 4 is 70.9 Å². The number of likely N-dealkylation sites (tertiary alicyclic amines) is 1. The predicted octanol–water partition coefficient (Wildman–Crippen LogP) is 3.06. The van der Waals surface area contributed by atoms with Crippen molar-refractivity contribution < 1.29 is 116 Å². The van der Waals surface area contributed by atoms with Gasteiger partial charge in [0.15, 0.2) is 6.10 Å². The number of carboxylic acids is 1. The SMILES string of the molecule is CCC(=O)CCOCCOCCOCCOCCC(=O)N[C@H](C(=O)N[C@@H](CCCNC(N)=O)C(=O)Nc1ccc(COC(=O)N(C)[C@H](C(=O)N[C@H](C(=O)N(C)[C@@H]([C@@H](C)CC)[C@@H](CC(=O)N2CCC[C@H]2C[C@@H](C)C(=O)N[C@H](C)[C@@H](O)c2ccccc2)OC)C(C)C)C(C)C)cc1O[C@@H]1O[C@H](C(=O)O)[C@@H](O)[C@H](O)[C@H]1O)C(C)C. The average Bonchev–Trinajstić information content (AvgIpc) is 1.52. The zero-order chi connectivity index (χ0) is 82.8. The third-order valence-corrected chi connectivity index (χ3v) is 19.8. The van der Waals surface area contributed by atoms with Crippen LogP contribution in [0.3, 0.4) is 0 Å². The maximum absolute atomic E-state index is 14.9. The summed E-state index contributed by atoms with van der Waals surface area (Å²) in [6.07, 6.45) is -10.4. The first-order valence-corrected chi connectivity index (χ1v) is 38.4. The van der Waals surface area contributed by atoms with Gasteiger partial charge in [0.05, 0.1) is 89.3 Å². The maximum Gasteiger partial charge on any atom is 0.410 e. The van der Waals surface area contributed by atoms with Gasteiger partial charge in [0.25, 0.3) is 0 Å². The number of amides is 10. The number of carbonyl (C=O) groups is 11. The number of nitrogens with two attached hydrogens (primary N) is 1. The normalized spacial score (nSPS) is 19.7. The number of carboxylic acid groups (broad SMARTS) is 1. The minimum absolute atomic E-state index is 0.0277. The molecule has 0 aliphatic carbocycles. The molecule has 16 atom stereocenters. The number of rotatable bonds is 50. The van der Waals surface area contributed by atoms with E-state index in [1.165, 1.54) is 37.3 Å². The molecule has 0 spiro atoms. The summed E-state index contributed by atoms with van der Waals surface area (Å²) in [5, 5.41) is 69.4. The highest BCUT2D eigenvalue weighted by molar-refractivity contribution is 5.99. The summed E-state index contributed by atoms with van der Waals surface area (Å²) in [7, 11) is 4.39. The number of aliphatic hydroxyl groups excluding tert-OH is 4. The Labute approximate surface area is 651 Å². The molecule has 10 amide bonds. The van der Waals surface area contributed by atoms with Crippen molar-refractivity contribution in [2.45, 2.75) is 232 Å². The van der Waals surface area contributed by atoms with E-state index in [-0.39, 0.29) is 99.5 Å². The number of hydrogen-bond acceptors (Lipinski definition) is 23. The van der Waals surface area contributed by atoms with Gasteiger partial charge in [-0.2, -0.15) is 0 Å². The van der Waals surface area contributed by atoms with Crippen LogP contribution in [0.15, 0.2) is 48.5 Å². The average molecular weight is 1570 g/mol. The molecule has 0 saturated carbocycles. The summed E-state index contributed by atoms with van der Waals surface area (Å²) in [5.74, 6) is -8.23. The summed E-state index contributed by atoms with van der Waals surface area (Å²) >= 11 is 0. The summed E-state index contributed by atoms with van der Waals surface area (Å²) in [6.45, 7) is 21.2. The monoisotopic (exact) mass is 1570 g/mol. The predicted molar refractivity (Wildman–Crippen MR) is 406 cm³/mol. The van der Waals surface area contributed by atoms with Crippen LogP contribution in [0, 0.1) is 29.6 Å². The standard InChI is InChI=1S/C77H124N10O24/c1-15-47(9)63(57(104-14)42-59(90)87-31-21-24-52(87)40-48(10)69(95)80-49(11)64(91)51-22-18-17-19-23-51)85(12)73(99)61(45(5)6)84-72(98)62(46(7)8)86(13)77(103)109-43-50-26-27-54(56(41-50)110-75-67(94)65(92)66(93)68(111-75)74(100)101)81-70(96)55(25-20-30-79-76(78)102)82-71(97)60(44(3)4)83-58(89)29-33-106-35-37-108-39-38-107-36-34-105-32-28-53(88)16-2/h17-19,22-23,26-27,41,44-49,52,55,57,60-68,75,91-94H,15-16,20-21,24-25,28-40,42-43H2,1-14H3,(H,80,95)(H,81,96)(H,82,97)(H,83,89)(H,84,98)(H,100,101)(H3,78,79,102)/t47-,48+,49+,52-,55-,57+,60-,61-,62-,63-,64+,65-,66-,67+,68-,75+/m0/s1. The number of carbonyl (C=O) groups excluding carboxylic acids is 10. The van der Waals surface area contributed by atoms with Gasteiger partial charge in [-0.3, -0.25) is 43.3 Å². The second kappa shape index (κ2) is 48.7. The Morgan fingerprint density at radius 2 is 1.31 bits per heavy atom. The van der Waals surface area contributed by atoms with Gasteiger partial charge in [0, 0.05) is 65.5 Å². The van der Waals surface area contributed by atoms with Crippen LogP contribution < -0.4 is 42.4 Å². The second-order valence-corrected chi connectivity index (χ2v) is 29.4. The number of nitrogens with zero attached hydrogens (tertiary/aromatic N) is 3. The highest BCUT2D eigenvalue weighted by atomic mass is 16.7. The van der Waals surface area contributed by atoms with Gasteiger partial charge in [0.2, 0.25) is 47.6 Å². The lowest BCUT2D eigenvalue weighted by atomic mass is 9.89. The van der Waals surface area contributed by atoms with Gasteiger partial charge in [-0.1, -0.05) is 112 Å². The van der Waals surface area contributed by atoms with Crippen LogP contribution in [-0.4, -0.2) is 272 Å². The zero-order valence-electron chi connectivity index (χ0n) is 66.8. The van der Waals surface area contributed by atoms with Crippen LogP contribution in [-0.2, 0) is 82.9 Å². The van der Waals surface area contributed by atoms with Crippen molar-refractivity contribution in [2.75, 3.05) is 92.5 Å². The van der Waals surface area contributed by atoms with Crippen molar-refractivity contribution in [3.05, 3.63) is 59.7 Å². The molecule has 34 nitrogen and oxygen atoms in total. The number of urea groups is 1. The van der Waals surface area contributed by atoms with Crippen molar-refractivity contribution in [1.29, 1.82) is 0 Å². The van der Waals surface area contributed by atoms with Crippen LogP contribution >= 0.6 is 0 Å². The van der Waals surface area contributed by atoms with Crippen LogP contribution in [0.5, 0.6) is 5.75 Å². The number of likely N-dealkylation sites (N-methyl/N-ethyl adjacent to an activating group) is 2. The first kappa shape index (κ1) is 95.2. The van der Waals surface area contributed by atoms with E-state index >= 15 is 0 Å². The fourth-order valence-corrected chi connectivity index (χ4v) is 13.1. The van der Waals surface area contributed by atoms with E-state index in [0.29, 0.717) is 70.6 Å². The van der Waals surface area contributed by atoms with E-state index < -0.39 is 163 Å². The first-order chi connectivity index (χ1) is 52.6. The van der Waals surface area contributed by atoms with Crippen molar-refractivity contribution in [3.8, 4) is 5.75 Å². The molecule has 34 heteroatoms. The van der Waals surface area contributed by atoms with E-state index in [1.807, 2.05) is 32.0 Å². The zero-order valence-corrected chi connectivity index (χ0v) is 66.8. The summed E-state index contributed by atoms with van der Waals surface area (Å²) in [6, 6.07) is 5.52. The molecule has 2 heterocycles. The number of anilines is 1. The molecule has 2 aliphatic heterocycles. The van der Waals surface area contributed by atoms with E-state index in [0.717, 1.165) is 11.3 Å². The topological polar surface area (TPSA) is 471 Å². The van der Waals surface area contributed by atoms with Crippen LogP contribution in [0.2, 0.25) is 0 Å². The molecule has 2 aliphatic rings. The largest absolute Gasteiger partial charge is 0.479 e. The molecule has 2 aromatic carbocycles. The third kappa shape index (κ3) is 30.7. The number of ketones is 1. The van der Waals surface area contributed by atoms with Gasteiger partial charge in [-0.05, 0) is 86.0 Å². The molecule has 2 saturated heterocycles. The number of benzene rings is 2. The molecule has 0 radical (unpaired) electrons. The van der Waals surface area contributed by atoms with Gasteiger partial charge in [-0.15, -0.1) is 0 Å². The van der Waals surface area contributed by atoms with Crippen molar-refractivity contribution in [1.82, 2.24) is 41.3 Å². The molecule has 4 rings (SSSR count). The summed E-state index contributed by atoms with van der Waals surface area (Å²) in [4.78, 5) is 153. The number of ether oxygens (including phenoxy) is 8. The van der Waals surface area contributed by atoms with Gasteiger partial charge in [0.1, 0.15) is 60.6 Å². The van der Waals surface area contributed by atoms with E-state index in [4.69, 9.17) is 43.6 Å². The van der Waals surface area contributed by atoms with Gasteiger partial charge < -0.3 is 111 Å².